The molecule has 0 aliphatic rings. The van der Waals surface area contributed by atoms with Gasteiger partial charge in [0, 0.05) is 29.2 Å². The fourth-order valence-electron chi connectivity index (χ4n) is 1.98. The van der Waals surface area contributed by atoms with E-state index in [0.717, 1.165) is 23.5 Å². The van der Waals surface area contributed by atoms with Crippen molar-refractivity contribution >= 4 is 11.6 Å². The number of nitrogens with zero attached hydrogens (tertiary/aromatic N) is 1. The van der Waals surface area contributed by atoms with E-state index < -0.39 is 17.5 Å². The zero-order chi connectivity index (χ0) is 15.5. The molecule has 0 saturated carbocycles. The Balaban J connectivity index is 1.75. The maximum Gasteiger partial charge on any atom is 0.255 e. The molecule has 4 nitrogen and oxygen atoms in total. The monoisotopic (exact) mass is 299 g/mol. The maximum absolute atomic E-state index is 13.1. The number of aromatic nitrogens is 2. The number of hydrogen-bond acceptors (Lipinski definition) is 2. The number of halogens is 2. The van der Waals surface area contributed by atoms with Gasteiger partial charge in [-0.05, 0) is 42.5 Å². The van der Waals surface area contributed by atoms with E-state index in [2.05, 4.69) is 15.3 Å². The molecule has 0 atom stereocenters. The van der Waals surface area contributed by atoms with Gasteiger partial charge in [-0.1, -0.05) is 0 Å². The fraction of sp³-hybridized carbons (Fsp3) is 0. The van der Waals surface area contributed by atoms with Crippen molar-refractivity contribution in [3.63, 3.8) is 0 Å². The molecule has 110 valence electrons. The molecule has 6 heteroatoms. The van der Waals surface area contributed by atoms with Crippen molar-refractivity contribution in [1.82, 2.24) is 9.97 Å². The lowest BCUT2D eigenvalue weighted by Crippen LogP contribution is -2.12. The Kier molecular flexibility index (Phi) is 3.65. The number of aromatic amines is 1. The van der Waals surface area contributed by atoms with Crippen molar-refractivity contribution in [3.8, 4) is 11.4 Å². The molecule has 0 fully saturated rings. The quantitative estimate of drug-likeness (QED) is 0.776. The first-order valence-electron chi connectivity index (χ1n) is 6.50. The number of carbonyl (C=O) groups is 1. The standard InChI is InChI=1S/C16H11F2N3O/c17-13-6-3-11(9-14(13)18)16(22)21-12-4-1-10(2-5-12)15-19-7-8-20-15/h1-9H,(H,19,20)(H,21,22). The van der Waals surface area contributed by atoms with Gasteiger partial charge in [0.05, 0.1) is 0 Å². The largest absolute Gasteiger partial charge is 0.345 e. The lowest BCUT2D eigenvalue weighted by Gasteiger charge is -2.06. The third-order valence-electron chi connectivity index (χ3n) is 3.10. The molecule has 2 aromatic carbocycles. The molecular formula is C16H11F2N3O. The predicted octanol–water partition coefficient (Wildman–Crippen LogP) is 3.61. The summed E-state index contributed by atoms with van der Waals surface area (Å²) in [7, 11) is 0. The Hall–Kier alpha value is -3.02. The molecule has 3 rings (SSSR count). The topological polar surface area (TPSA) is 57.8 Å². The molecule has 0 aliphatic heterocycles. The van der Waals surface area contributed by atoms with E-state index in [1.807, 2.05) is 0 Å². The van der Waals surface area contributed by atoms with E-state index in [-0.39, 0.29) is 5.56 Å². The summed E-state index contributed by atoms with van der Waals surface area (Å²) in [5.41, 5.74) is 1.47. The van der Waals surface area contributed by atoms with Crippen molar-refractivity contribution in [2.24, 2.45) is 0 Å². The average Bonchev–Trinajstić information content (AvgIpc) is 3.05. The minimum atomic E-state index is -1.05. The van der Waals surface area contributed by atoms with Gasteiger partial charge in [0.25, 0.3) is 5.91 Å². The first kappa shape index (κ1) is 13.9. The number of carbonyl (C=O) groups excluding carboxylic acids is 1. The molecule has 1 amide bonds. The van der Waals surface area contributed by atoms with Crippen LogP contribution in [0.1, 0.15) is 10.4 Å². The number of nitrogens with one attached hydrogen (secondary N) is 2. The van der Waals surface area contributed by atoms with E-state index in [1.165, 1.54) is 6.07 Å². The Morgan fingerprint density at radius 1 is 1.05 bits per heavy atom. The summed E-state index contributed by atoms with van der Waals surface area (Å²) in [6.45, 7) is 0. The van der Waals surface area contributed by atoms with Gasteiger partial charge in [0.2, 0.25) is 0 Å². The SMILES string of the molecule is O=C(Nc1ccc(-c2ncc[nH]2)cc1)c1ccc(F)c(F)c1. The van der Waals surface area contributed by atoms with Crippen LogP contribution in [0.4, 0.5) is 14.5 Å². The number of anilines is 1. The lowest BCUT2D eigenvalue weighted by atomic mass is 10.1. The summed E-state index contributed by atoms with van der Waals surface area (Å²) in [6, 6.07) is 10.0. The van der Waals surface area contributed by atoms with E-state index in [1.54, 1.807) is 36.7 Å². The number of rotatable bonds is 3. The highest BCUT2D eigenvalue weighted by Crippen LogP contribution is 2.18. The molecule has 2 N–H and O–H groups in total. The molecule has 1 heterocycles. The van der Waals surface area contributed by atoms with Gasteiger partial charge >= 0.3 is 0 Å². The second-order valence-corrected chi connectivity index (χ2v) is 4.60. The van der Waals surface area contributed by atoms with Crippen molar-refractivity contribution in [2.75, 3.05) is 5.32 Å². The first-order valence-corrected chi connectivity index (χ1v) is 6.50. The molecule has 0 bridgehead atoms. The van der Waals surface area contributed by atoms with Crippen molar-refractivity contribution in [2.45, 2.75) is 0 Å². The Morgan fingerprint density at radius 2 is 1.82 bits per heavy atom. The van der Waals surface area contributed by atoms with Crippen LogP contribution in [0.25, 0.3) is 11.4 Å². The summed E-state index contributed by atoms with van der Waals surface area (Å²) in [4.78, 5) is 19.1. The predicted molar refractivity (Wildman–Crippen MR) is 78.3 cm³/mol. The summed E-state index contributed by atoms with van der Waals surface area (Å²) in [6.07, 6.45) is 3.36. The highest BCUT2D eigenvalue weighted by molar-refractivity contribution is 6.04. The Labute approximate surface area is 124 Å². The zero-order valence-corrected chi connectivity index (χ0v) is 11.3. The number of benzene rings is 2. The minimum absolute atomic E-state index is 0.0500. The van der Waals surface area contributed by atoms with E-state index in [9.17, 15) is 13.6 Å². The maximum atomic E-state index is 13.1. The van der Waals surface area contributed by atoms with Gasteiger partial charge in [0.15, 0.2) is 11.6 Å². The van der Waals surface area contributed by atoms with Gasteiger partial charge in [-0.3, -0.25) is 4.79 Å². The highest BCUT2D eigenvalue weighted by atomic mass is 19.2. The number of H-pyrrole nitrogens is 1. The van der Waals surface area contributed by atoms with Crippen molar-refractivity contribution < 1.29 is 13.6 Å². The highest BCUT2D eigenvalue weighted by Gasteiger charge is 2.10. The molecule has 1 aromatic heterocycles. The lowest BCUT2D eigenvalue weighted by molar-refractivity contribution is 0.102. The third-order valence-corrected chi connectivity index (χ3v) is 3.10. The van der Waals surface area contributed by atoms with Crippen LogP contribution in [0.15, 0.2) is 54.9 Å². The summed E-state index contributed by atoms with van der Waals surface area (Å²) in [5, 5.41) is 2.62. The van der Waals surface area contributed by atoms with Gasteiger partial charge in [-0.15, -0.1) is 0 Å². The molecule has 0 saturated heterocycles. The number of imidazole rings is 1. The Bertz CT molecular complexity index is 799. The molecule has 3 aromatic rings. The van der Waals surface area contributed by atoms with Crippen LogP contribution in [0.2, 0.25) is 0 Å². The van der Waals surface area contributed by atoms with Gasteiger partial charge in [-0.2, -0.15) is 0 Å². The Morgan fingerprint density at radius 3 is 2.45 bits per heavy atom. The average molecular weight is 299 g/mol. The fourth-order valence-corrected chi connectivity index (χ4v) is 1.98. The molecule has 22 heavy (non-hydrogen) atoms. The van der Waals surface area contributed by atoms with E-state index in [4.69, 9.17) is 0 Å². The van der Waals surface area contributed by atoms with Crippen molar-refractivity contribution in [3.05, 3.63) is 72.1 Å². The number of hydrogen-bond donors (Lipinski definition) is 2. The molecule has 0 aliphatic carbocycles. The van der Waals surface area contributed by atoms with Gasteiger partial charge in [0.1, 0.15) is 5.82 Å². The molecule has 0 spiro atoms. The van der Waals surface area contributed by atoms with Crippen LogP contribution in [-0.4, -0.2) is 15.9 Å². The first-order chi connectivity index (χ1) is 10.6. The summed E-state index contributed by atoms with van der Waals surface area (Å²) < 4.78 is 26.0. The van der Waals surface area contributed by atoms with Crippen LogP contribution in [-0.2, 0) is 0 Å². The normalized spacial score (nSPS) is 10.5. The van der Waals surface area contributed by atoms with E-state index >= 15 is 0 Å². The molecular weight excluding hydrogens is 288 g/mol. The summed E-state index contributed by atoms with van der Waals surface area (Å²) >= 11 is 0. The van der Waals surface area contributed by atoms with Crippen molar-refractivity contribution in [1.29, 1.82) is 0 Å². The number of amides is 1. The van der Waals surface area contributed by atoms with Crippen LogP contribution in [0, 0.1) is 11.6 Å². The van der Waals surface area contributed by atoms with Crippen LogP contribution in [0.3, 0.4) is 0 Å². The molecule has 0 unspecified atom stereocenters. The second kappa shape index (κ2) is 5.77. The second-order valence-electron chi connectivity index (χ2n) is 4.60. The van der Waals surface area contributed by atoms with E-state index in [0.29, 0.717) is 5.69 Å². The minimum Gasteiger partial charge on any atom is -0.345 e. The third kappa shape index (κ3) is 2.85. The molecule has 0 radical (unpaired) electrons. The summed E-state index contributed by atoms with van der Waals surface area (Å²) in [5.74, 6) is -1.83. The van der Waals surface area contributed by atoms with Gasteiger partial charge < -0.3 is 10.3 Å². The van der Waals surface area contributed by atoms with Crippen LogP contribution >= 0.6 is 0 Å². The smallest absolute Gasteiger partial charge is 0.255 e. The zero-order valence-electron chi connectivity index (χ0n) is 11.3. The van der Waals surface area contributed by atoms with Crippen LogP contribution < -0.4 is 5.32 Å². The van der Waals surface area contributed by atoms with Crippen LogP contribution in [0.5, 0.6) is 0 Å². The van der Waals surface area contributed by atoms with Gasteiger partial charge in [-0.25, -0.2) is 13.8 Å².